The van der Waals surface area contributed by atoms with Crippen LogP contribution in [0, 0.1) is 0 Å². The number of benzene rings is 1. The van der Waals surface area contributed by atoms with Gasteiger partial charge in [0.25, 0.3) is 0 Å². The standard InChI is InChI=1S/C15H17N3O5/c1-10(19)16-8-13-9-18(15(21)23-13)12-4-2-11(3-5-12)17-6-7-22-14(17)20/h2-5,13H,6-9H2,1H3,(H,16,19)/t13-/m0/s1. The third-order valence-electron chi connectivity index (χ3n) is 3.69. The zero-order valence-electron chi connectivity index (χ0n) is 12.7. The molecule has 2 aliphatic rings. The summed E-state index contributed by atoms with van der Waals surface area (Å²) in [6.07, 6.45) is -1.19. The van der Waals surface area contributed by atoms with Crippen LogP contribution in [0.1, 0.15) is 6.92 Å². The van der Waals surface area contributed by atoms with E-state index >= 15 is 0 Å². The minimum absolute atomic E-state index is 0.165. The van der Waals surface area contributed by atoms with Gasteiger partial charge in [0.15, 0.2) is 0 Å². The first kappa shape index (κ1) is 15.1. The predicted octanol–water partition coefficient (Wildman–Crippen LogP) is 1.10. The summed E-state index contributed by atoms with van der Waals surface area (Å²) in [6, 6.07) is 7.03. The van der Waals surface area contributed by atoms with Crippen molar-refractivity contribution in [1.82, 2.24) is 5.32 Å². The number of nitrogens with zero attached hydrogens (tertiary/aromatic N) is 2. The second-order valence-electron chi connectivity index (χ2n) is 5.34. The first-order chi connectivity index (χ1) is 11.0. The summed E-state index contributed by atoms with van der Waals surface area (Å²) < 4.78 is 10.1. The fourth-order valence-corrected chi connectivity index (χ4v) is 2.54. The smallest absolute Gasteiger partial charge is 0.414 e. The third-order valence-corrected chi connectivity index (χ3v) is 3.69. The Morgan fingerprint density at radius 1 is 1.17 bits per heavy atom. The van der Waals surface area contributed by atoms with Crippen molar-refractivity contribution in [2.24, 2.45) is 0 Å². The van der Waals surface area contributed by atoms with Gasteiger partial charge in [0, 0.05) is 18.3 Å². The molecule has 122 valence electrons. The number of nitrogens with one attached hydrogen (secondary N) is 1. The molecular formula is C15H17N3O5. The van der Waals surface area contributed by atoms with Crippen molar-refractivity contribution in [2.45, 2.75) is 13.0 Å². The van der Waals surface area contributed by atoms with Crippen LogP contribution in [0.2, 0.25) is 0 Å². The molecule has 2 fully saturated rings. The third kappa shape index (κ3) is 3.20. The van der Waals surface area contributed by atoms with Crippen LogP contribution in [0.4, 0.5) is 21.0 Å². The summed E-state index contributed by atoms with van der Waals surface area (Å²) in [5.74, 6) is -0.165. The number of ether oxygens (including phenoxy) is 2. The molecule has 0 aliphatic carbocycles. The number of hydrogen-bond acceptors (Lipinski definition) is 5. The fourth-order valence-electron chi connectivity index (χ4n) is 2.54. The van der Waals surface area contributed by atoms with Crippen molar-refractivity contribution in [2.75, 3.05) is 36.0 Å². The highest BCUT2D eigenvalue weighted by Gasteiger charge is 2.32. The number of amides is 3. The topological polar surface area (TPSA) is 88.2 Å². The molecule has 23 heavy (non-hydrogen) atoms. The number of carbonyl (C=O) groups is 3. The number of cyclic esters (lactones) is 2. The van der Waals surface area contributed by atoms with Gasteiger partial charge in [-0.2, -0.15) is 0 Å². The van der Waals surface area contributed by atoms with Crippen molar-refractivity contribution in [3.63, 3.8) is 0 Å². The van der Waals surface area contributed by atoms with Crippen LogP contribution in [0.15, 0.2) is 24.3 Å². The van der Waals surface area contributed by atoms with Crippen LogP contribution in [0.25, 0.3) is 0 Å². The van der Waals surface area contributed by atoms with E-state index in [1.54, 1.807) is 24.3 Å². The molecule has 1 aromatic carbocycles. The van der Waals surface area contributed by atoms with E-state index in [4.69, 9.17) is 9.47 Å². The van der Waals surface area contributed by atoms with E-state index in [0.717, 1.165) is 5.69 Å². The van der Waals surface area contributed by atoms with Crippen molar-refractivity contribution in [1.29, 1.82) is 0 Å². The van der Waals surface area contributed by atoms with Gasteiger partial charge >= 0.3 is 12.2 Å². The van der Waals surface area contributed by atoms with Crippen molar-refractivity contribution in [3.8, 4) is 0 Å². The Balaban J connectivity index is 1.66. The lowest BCUT2D eigenvalue weighted by Gasteiger charge is -2.16. The Labute approximate surface area is 132 Å². The Hall–Kier alpha value is -2.77. The van der Waals surface area contributed by atoms with E-state index in [-0.39, 0.29) is 24.6 Å². The summed E-state index contributed by atoms with van der Waals surface area (Å²) in [4.78, 5) is 37.4. The van der Waals surface area contributed by atoms with Gasteiger partial charge in [-0.25, -0.2) is 9.59 Å². The predicted molar refractivity (Wildman–Crippen MR) is 81.4 cm³/mol. The molecule has 3 rings (SSSR count). The molecule has 2 aliphatic heterocycles. The maximum Gasteiger partial charge on any atom is 0.414 e. The van der Waals surface area contributed by atoms with Crippen LogP contribution >= 0.6 is 0 Å². The average Bonchev–Trinajstić information content (AvgIpc) is 3.11. The maximum absolute atomic E-state index is 11.9. The van der Waals surface area contributed by atoms with Crippen molar-refractivity contribution >= 4 is 29.5 Å². The normalized spacial score (nSPS) is 20.5. The number of rotatable bonds is 4. The summed E-state index contributed by atoms with van der Waals surface area (Å²) in [5, 5.41) is 2.63. The highest BCUT2D eigenvalue weighted by atomic mass is 16.6. The first-order valence-corrected chi connectivity index (χ1v) is 7.31. The summed E-state index contributed by atoms with van der Waals surface area (Å²) in [6.45, 7) is 2.96. The van der Waals surface area contributed by atoms with Gasteiger partial charge in [-0.1, -0.05) is 0 Å². The molecule has 0 radical (unpaired) electrons. The molecule has 0 saturated carbocycles. The van der Waals surface area contributed by atoms with E-state index < -0.39 is 6.09 Å². The molecule has 0 aromatic heterocycles. The maximum atomic E-state index is 11.9. The minimum atomic E-state index is -0.450. The van der Waals surface area contributed by atoms with Gasteiger partial charge in [0.2, 0.25) is 5.91 Å². The molecule has 1 N–H and O–H groups in total. The molecule has 2 saturated heterocycles. The second-order valence-corrected chi connectivity index (χ2v) is 5.34. The quantitative estimate of drug-likeness (QED) is 0.898. The van der Waals surface area contributed by atoms with Crippen molar-refractivity contribution in [3.05, 3.63) is 24.3 Å². The van der Waals surface area contributed by atoms with Crippen LogP contribution in [-0.2, 0) is 14.3 Å². The lowest BCUT2D eigenvalue weighted by Crippen LogP contribution is -2.33. The van der Waals surface area contributed by atoms with Gasteiger partial charge < -0.3 is 14.8 Å². The fraction of sp³-hybridized carbons (Fsp3) is 0.400. The van der Waals surface area contributed by atoms with Gasteiger partial charge in [-0.3, -0.25) is 14.6 Å². The molecule has 0 spiro atoms. The van der Waals surface area contributed by atoms with E-state index in [9.17, 15) is 14.4 Å². The Bertz CT molecular complexity index is 631. The molecule has 8 nitrogen and oxygen atoms in total. The van der Waals surface area contributed by atoms with E-state index in [1.165, 1.54) is 16.7 Å². The number of carbonyl (C=O) groups excluding carboxylic acids is 3. The highest BCUT2D eigenvalue weighted by Crippen LogP contribution is 2.26. The monoisotopic (exact) mass is 319 g/mol. The van der Waals surface area contributed by atoms with E-state index in [0.29, 0.717) is 25.4 Å². The second kappa shape index (κ2) is 6.15. The molecule has 8 heteroatoms. The molecule has 1 aromatic rings. The van der Waals surface area contributed by atoms with Crippen LogP contribution in [0.5, 0.6) is 0 Å². The Morgan fingerprint density at radius 2 is 1.83 bits per heavy atom. The lowest BCUT2D eigenvalue weighted by atomic mass is 10.2. The van der Waals surface area contributed by atoms with Crippen LogP contribution < -0.4 is 15.1 Å². The highest BCUT2D eigenvalue weighted by molar-refractivity contribution is 5.92. The summed E-state index contributed by atoms with van der Waals surface area (Å²) in [7, 11) is 0. The average molecular weight is 319 g/mol. The van der Waals surface area contributed by atoms with Gasteiger partial charge in [0.1, 0.15) is 12.7 Å². The SMILES string of the molecule is CC(=O)NC[C@H]1CN(c2ccc(N3CCOC3=O)cc2)C(=O)O1. The Morgan fingerprint density at radius 3 is 2.39 bits per heavy atom. The molecule has 1 atom stereocenters. The van der Waals surface area contributed by atoms with E-state index in [2.05, 4.69) is 5.32 Å². The molecule has 0 unspecified atom stereocenters. The van der Waals surface area contributed by atoms with Crippen molar-refractivity contribution < 1.29 is 23.9 Å². The lowest BCUT2D eigenvalue weighted by molar-refractivity contribution is -0.119. The van der Waals surface area contributed by atoms with Crippen LogP contribution in [0.3, 0.4) is 0 Å². The molecule has 0 bridgehead atoms. The zero-order valence-corrected chi connectivity index (χ0v) is 12.7. The van der Waals surface area contributed by atoms with Gasteiger partial charge in [-0.15, -0.1) is 0 Å². The van der Waals surface area contributed by atoms with Gasteiger partial charge in [-0.05, 0) is 24.3 Å². The summed E-state index contributed by atoms with van der Waals surface area (Å²) >= 11 is 0. The van der Waals surface area contributed by atoms with Gasteiger partial charge in [0.05, 0.1) is 19.6 Å². The van der Waals surface area contributed by atoms with E-state index in [1.807, 2.05) is 0 Å². The minimum Gasteiger partial charge on any atom is -0.447 e. The first-order valence-electron chi connectivity index (χ1n) is 7.31. The summed E-state index contributed by atoms with van der Waals surface area (Å²) in [5.41, 5.74) is 1.40. The molecular weight excluding hydrogens is 302 g/mol. The molecule has 2 heterocycles. The number of anilines is 2. The van der Waals surface area contributed by atoms with Crippen LogP contribution in [-0.4, -0.2) is 50.4 Å². The number of hydrogen-bond donors (Lipinski definition) is 1. The zero-order chi connectivity index (χ0) is 16.4. The molecule has 3 amide bonds. The Kier molecular flexibility index (Phi) is 4.05. The largest absolute Gasteiger partial charge is 0.447 e.